The zero-order valence-corrected chi connectivity index (χ0v) is 13.2. The standard InChI is InChI=1S/C15H21BO5/c1-14(2)15(3,4)21-16(20-14)10-8-11(17-5)13-12(9-10)18-6-7-19-13/h8-9H,6-7H2,1-5H3. The lowest BCUT2D eigenvalue weighted by atomic mass is 9.78. The van der Waals surface area contributed by atoms with Gasteiger partial charge < -0.3 is 23.5 Å². The Bertz CT molecular complexity index is 522. The molecule has 3 rings (SSSR count). The predicted molar refractivity (Wildman–Crippen MR) is 79.7 cm³/mol. The molecule has 0 bridgehead atoms. The van der Waals surface area contributed by atoms with Crippen LogP contribution in [0.15, 0.2) is 12.1 Å². The van der Waals surface area contributed by atoms with E-state index in [0.29, 0.717) is 30.5 Å². The number of fused-ring (bicyclic) bond motifs is 1. The normalized spacial score (nSPS) is 22.2. The molecular weight excluding hydrogens is 271 g/mol. The molecule has 2 aliphatic rings. The maximum atomic E-state index is 6.07. The van der Waals surface area contributed by atoms with Crippen LogP contribution in [0.2, 0.25) is 0 Å². The fourth-order valence-corrected chi connectivity index (χ4v) is 2.41. The van der Waals surface area contributed by atoms with Crippen LogP contribution < -0.4 is 19.7 Å². The highest BCUT2D eigenvalue weighted by Crippen LogP contribution is 2.40. The first-order valence-corrected chi connectivity index (χ1v) is 7.17. The van der Waals surface area contributed by atoms with E-state index in [1.54, 1.807) is 7.11 Å². The van der Waals surface area contributed by atoms with E-state index < -0.39 is 7.12 Å². The van der Waals surface area contributed by atoms with Gasteiger partial charge in [0, 0.05) is 0 Å². The lowest BCUT2D eigenvalue weighted by Gasteiger charge is -2.32. The van der Waals surface area contributed by atoms with Gasteiger partial charge in [0.05, 0.1) is 18.3 Å². The van der Waals surface area contributed by atoms with Crippen molar-refractivity contribution in [1.29, 1.82) is 0 Å². The molecule has 6 heteroatoms. The number of methoxy groups -OCH3 is 1. The summed E-state index contributed by atoms with van der Waals surface area (Å²) >= 11 is 0. The van der Waals surface area contributed by atoms with Crippen molar-refractivity contribution >= 4 is 12.6 Å². The number of rotatable bonds is 2. The molecule has 0 unspecified atom stereocenters. The van der Waals surface area contributed by atoms with Crippen LogP contribution in [-0.2, 0) is 9.31 Å². The minimum Gasteiger partial charge on any atom is -0.493 e. The van der Waals surface area contributed by atoms with Crippen LogP contribution in [0, 0.1) is 0 Å². The van der Waals surface area contributed by atoms with Crippen LogP contribution in [0.4, 0.5) is 0 Å². The number of ether oxygens (including phenoxy) is 3. The maximum absolute atomic E-state index is 6.07. The van der Waals surface area contributed by atoms with Gasteiger partial charge in [0.25, 0.3) is 0 Å². The Morgan fingerprint density at radius 2 is 1.62 bits per heavy atom. The van der Waals surface area contributed by atoms with Crippen LogP contribution in [0.5, 0.6) is 17.2 Å². The summed E-state index contributed by atoms with van der Waals surface area (Å²) in [5.74, 6) is 1.95. The molecule has 0 atom stereocenters. The molecule has 0 radical (unpaired) electrons. The Balaban J connectivity index is 1.97. The zero-order valence-electron chi connectivity index (χ0n) is 13.2. The lowest BCUT2D eigenvalue weighted by molar-refractivity contribution is 0.00578. The third-order valence-corrected chi connectivity index (χ3v) is 4.38. The van der Waals surface area contributed by atoms with Crippen molar-refractivity contribution in [3.63, 3.8) is 0 Å². The third-order valence-electron chi connectivity index (χ3n) is 4.38. The Hall–Kier alpha value is -1.40. The molecule has 21 heavy (non-hydrogen) atoms. The molecule has 0 saturated carbocycles. The van der Waals surface area contributed by atoms with Gasteiger partial charge in [-0.3, -0.25) is 0 Å². The van der Waals surface area contributed by atoms with Gasteiger partial charge in [0.15, 0.2) is 11.5 Å². The topological polar surface area (TPSA) is 46.2 Å². The first kappa shape index (κ1) is 14.5. The van der Waals surface area contributed by atoms with E-state index in [1.165, 1.54) is 0 Å². The molecule has 0 aliphatic carbocycles. The minimum absolute atomic E-state index is 0.377. The molecular formula is C15H21BO5. The number of hydrogen-bond acceptors (Lipinski definition) is 5. The first-order chi connectivity index (χ1) is 9.84. The molecule has 1 saturated heterocycles. The molecule has 5 nitrogen and oxygen atoms in total. The Morgan fingerprint density at radius 1 is 1.00 bits per heavy atom. The zero-order chi connectivity index (χ0) is 15.3. The highest BCUT2D eigenvalue weighted by atomic mass is 16.7. The summed E-state index contributed by atoms with van der Waals surface area (Å²) in [7, 11) is 1.17. The van der Waals surface area contributed by atoms with Crippen LogP contribution in [0.3, 0.4) is 0 Å². The second kappa shape index (κ2) is 4.82. The summed E-state index contributed by atoms with van der Waals surface area (Å²) in [5.41, 5.74) is 0.116. The number of hydrogen-bond donors (Lipinski definition) is 0. The second-order valence-electron chi connectivity index (χ2n) is 6.34. The van der Waals surface area contributed by atoms with E-state index in [2.05, 4.69) is 0 Å². The summed E-state index contributed by atoms with van der Waals surface area (Å²) in [4.78, 5) is 0. The van der Waals surface area contributed by atoms with Gasteiger partial charge in [-0.1, -0.05) is 0 Å². The van der Waals surface area contributed by atoms with Crippen LogP contribution in [0.25, 0.3) is 0 Å². The predicted octanol–water partition coefficient (Wildman–Crippen LogP) is 1.77. The van der Waals surface area contributed by atoms with Crippen molar-refractivity contribution in [3.8, 4) is 17.2 Å². The van der Waals surface area contributed by atoms with Crippen molar-refractivity contribution in [1.82, 2.24) is 0 Å². The van der Waals surface area contributed by atoms with Crippen molar-refractivity contribution in [2.45, 2.75) is 38.9 Å². The maximum Gasteiger partial charge on any atom is 0.495 e. The van der Waals surface area contributed by atoms with E-state index in [0.717, 1.165) is 5.46 Å². The highest BCUT2D eigenvalue weighted by Gasteiger charge is 2.52. The van der Waals surface area contributed by atoms with E-state index in [-0.39, 0.29) is 11.2 Å². The molecule has 0 N–H and O–H groups in total. The van der Waals surface area contributed by atoms with Gasteiger partial charge in [-0.25, -0.2) is 0 Å². The quantitative estimate of drug-likeness (QED) is 0.777. The molecule has 1 aromatic carbocycles. The van der Waals surface area contributed by atoms with E-state index in [1.807, 2.05) is 39.8 Å². The molecule has 1 fully saturated rings. The van der Waals surface area contributed by atoms with E-state index in [9.17, 15) is 0 Å². The van der Waals surface area contributed by atoms with Crippen LogP contribution >= 0.6 is 0 Å². The van der Waals surface area contributed by atoms with Gasteiger partial charge in [-0.15, -0.1) is 0 Å². The molecule has 114 valence electrons. The van der Waals surface area contributed by atoms with Crippen molar-refractivity contribution < 1.29 is 23.5 Å². The Kier molecular flexibility index (Phi) is 3.33. The largest absolute Gasteiger partial charge is 0.495 e. The average molecular weight is 292 g/mol. The molecule has 0 aromatic heterocycles. The van der Waals surface area contributed by atoms with Gasteiger partial charge in [-0.2, -0.15) is 0 Å². The van der Waals surface area contributed by atoms with Crippen molar-refractivity contribution in [2.24, 2.45) is 0 Å². The van der Waals surface area contributed by atoms with Crippen molar-refractivity contribution in [3.05, 3.63) is 12.1 Å². The second-order valence-corrected chi connectivity index (χ2v) is 6.34. The van der Waals surface area contributed by atoms with E-state index >= 15 is 0 Å². The number of benzene rings is 1. The summed E-state index contributed by atoms with van der Waals surface area (Å²) in [6.07, 6.45) is 0. The van der Waals surface area contributed by atoms with E-state index in [4.69, 9.17) is 23.5 Å². The fourth-order valence-electron chi connectivity index (χ4n) is 2.41. The molecule has 1 aromatic rings. The van der Waals surface area contributed by atoms with Gasteiger partial charge in [0.2, 0.25) is 5.75 Å². The minimum atomic E-state index is -0.445. The third kappa shape index (κ3) is 2.36. The molecule has 0 spiro atoms. The molecule has 2 aliphatic heterocycles. The first-order valence-electron chi connectivity index (χ1n) is 7.17. The summed E-state index contributed by atoms with van der Waals surface area (Å²) in [6.45, 7) is 9.18. The van der Waals surface area contributed by atoms with Crippen molar-refractivity contribution in [2.75, 3.05) is 20.3 Å². The summed E-state index contributed by atoms with van der Waals surface area (Å²) in [5, 5.41) is 0. The summed E-state index contributed by atoms with van der Waals surface area (Å²) < 4.78 is 28.8. The molecule has 0 amide bonds. The highest BCUT2D eigenvalue weighted by molar-refractivity contribution is 6.62. The van der Waals surface area contributed by atoms with Gasteiger partial charge in [-0.05, 0) is 45.3 Å². The Morgan fingerprint density at radius 3 is 2.24 bits per heavy atom. The average Bonchev–Trinajstić information content (AvgIpc) is 2.66. The SMILES string of the molecule is COc1cc(B2OC(C)(C)C(C)(C)O2)cc2c1OCCO2. The van der Waals surface area contributed by atoms with Gasteiger partial charge in [0.1, 0.15) is 13.2 Å². The van der Waals surface area contributed by atoms with Crippen LogP contribution in [0.1, 0.15) is 27.7 Å². The van der Waals surface area contributed by atoms with Crippen LogP contribution in [-0.4, -0.2) is 38.6 Å². The van der Waals surface area contributed by atoms with Gasteiger partial charge >= 0.3 is 7.12 Å². The summed E-state index contributed by atoms with van der Waals surface area (Å²) in [6, 6.07) is 3.79. The monoisotopic (exact) mass is 292 g/mol. The Labute approximate surface area is 125 Å². The fraction of sp³-hybridized carbons (Fsp3) is 0.600. The lowest BCUT2D eigenvalue weighted by Crippen LogP contribution is -2.41. The molecule has 2 heterocycles. The smallest absolute Gasteiger partial charge is 0.493 e.